The Morgan fingerprint density at radius 3 is 2.23 bits per heavy atom. The molecule has 7 nitrogen and oxygen atoms in total. The molecule has 0 fully saturated rings. The van der Waals surface area contributed by atoms with E-state index in [4.69, 9.17) is 23.2 Å². The van der Waals surface area contributed by atoms with Crippen LogP contribution in [-0.4, -0.2) is 28.0 Å². The monoisotopic (exact) mass is 692 g/mol. The Hall–Kier alpha value is -5.02. The van der Waals surface area contributed by atoms with Crippen LogP contribution in [0.25, 0.3) is 27.9 Å². The topological polar surface area (TPSA) is 92.2 Å². The van der Waals surface area contributed by atoms with Gasteiger partial charge >= 0.3 is 0 Å². The summed E-state index contributed by atoms with van der Waals surface area (Å²) in [5.41, 5.74) is 4.40. The highest BCUT2D eigenvalue weighted by atomic mass is 35.5. The third kappa shape index (κ3) is 7.42. The number of aryl methyl sites for hydroxylation is 1. The maximum Gasteiger partial charge on any atom is 0.272 e. The van der Waals surface area contributed by atoms with Gasteiger partial charge in [0.25, 0.3) is 11.8 Å². The summed E-state index contributed by atoms with van der Waals surface area (Å²) in [4.78, 5) is 40.1. The molecule has 1 aromatic heterocycles. The maximum atomic E-state index is 13.4. The Bertz CT molecular complexity index is 2180. The molecule has 1 heterocycles. The highest BCUT2D eigenvalue weighted by Gasteiger charge is 2.17. The summed E-state index contributed by atoms with van der Waals surface area (Å²) in [5.74, 6) is -0.916. The number of hydrogen-bond donors (Lipinski definition) is 3. The van der Waals surface area contributed by atoms with E-state index in [0.717, 1.165) is 33.4 Å². The molecular formula is C38H30Cl2N4O3S. The second kappa shape index (κ2) is 14.8. The lowest BCUT2D eigenvalue weighted by atomic mass is 10.1. The highest BCUT2D eigenvalue weighted by Crippen LogP contribution is 2.31. The van der Waals surface area contributed by atoms with Crippen molar-refractivity contribution in [2.45, 2.75) is 18.4 Å². The van der Waals surface area contributed by atoms with Gasteiger partial charge in [0, 0.05) is 50.2 Å². The van der Waals surface area contributed by atoms with Crippen molar-refractivity contribution in [2.75, 3.05) is 16.4 Å². The number of benzene rings is 5. The normalized spacial score (nSPS) is 11.4. The Kier molecular flexibility index (Phi) is 10.2. The number of fused-ring (bicyclic) bond motifs is 3. The number of para-hydroxylation sites is 1. The Morgan fingerprint density at radius 2 is 1.46 bits per heavy atom. The molecule has 48 heavy (non-hydrogen) atoms. The minimum atomic E-state index is -0.547. The molecule has 0 radical (unpaired) electrons. The molecule has 240 valence electrons. The van der Waals surface area contributed by atoms with Crippen molar-refractivity contribution in [2.24, 2.45) is 0 Å². The van der Waals surface area contributed by atoms with E-state index < -0.39 is 11.8 Å². The van der Waals surface area contributed by atoms with Crippen molar-refractivity contribution in [3.05, 3.63) is 142 Å². The molecule has 0 spiro atoms. The summed E-state index contributed by atoms with van der Waals surface area (Å²) in [6.07, 6.45) is 1.48. The number of halogens is 2. The second-order valence-corrected chi connectivity index (χ2v) is 12.7. The van der Waals surface area contributed by atoms with Gasteiger partial charge in [-0.2, -0.15) is 0 Å². The van der Waals surface area contributed by atoms with Crippen LogP contribution in [0, 0.1) is 0 Å². The zero-order valence-corrected chi connectivity index (χ0v) is 28.1. The quantitative estimate of drug-likeness (QED) is 0.0986. The molecule has 0 aliphatic heterocycles. The zero-order chi connectivity index (χ0) is 33.6. The third-order valence-electron chi connectivity index (χ3n) is 7.66. The molecule has 0 saturated carbocycles. The zero-order valence-electron chi connectivity index (χ0n) is 25.8. The fourth-order valence-corrected chi connectivity index (χ4v) is 6.44. The molecule has 0 aliphatic carbocycles. The van der Waals surface area contributed by atoms with Gasteiger partial charge in [0.05, 0.1) is 15.8 Å². The van der Waals surface area contributed by atoms with Gasteiger partial charge < -0.3 is 20.5 Å². The fraction of sp³-hybridized carbons (Fsp3) is 0.0789. The van der Waals surface area contributed by atoms with Crippen molar-refractivity contribution in [1.82, 2.24) is 9.88 Å². The summed E-state index contributed by atoms with van der Waals surface area (Å²) in [6, 6.07) is 35.0. The van der Waals surface area contributed by atoms with Crippen LogP contribution in [0.1, 0.15) is 22.8 Å². The third-order valence-corrected chi connectivity index (χ3v) is 9.51. The Morgan fingerprint density at radius 1 is 0.750 bits per heavy atom. The number of hydrogen-bond acceptors (Lipinski definition) is 4. The number of carbonyl (C=O) groups is 3. The molecule has 0 aliphatic rings. The maximum absolute atomic E-state index is 13.4. The van der Waals surface area contributed by atoms with Crippen molar-refractivity contribution < 1.29 is 14.4 Å². The number of nitrogens with zero attached hydrogens (tertiary/aromatic N) is 1. The van der Waals surface area contributed by atoms with E-state index in [0.29, 0.717) is 21.8 Å². The predicted molar refractivity (Wildman–Crippen MR) is 198 cm³/mol. The molecule has 5 aromatic carbocycles. The van der Waals surface area contributed by atoms with Gasteiger partial charge in [-0.05, 0) is 85.3 Å². The van der Waals surface area contributed by atoms with Crippen LogP contribution in [0.4, 0.5) is 11.4 Å². The predicted octanol–water partition coefficient (Wildman–Crippen LogP) is 9.26. The minimum absolute atomic E-state index is 0.0133. The van der Waals surface area contributed by atoms with Gasteiger partial charge in [-0.25, -0.2) is 0 Å². The van der Waals surface area contributed by atoms with Crippen molar-refractivity contribution >= 4 is 91.9 Å². The Labute approximate surface area is 291 Å². The second-order valence-electron chi connectivity index (χ2n) is 10.8. The van der Waals surface area contributed by atoms with Gasteiger partial charge in [-0.15, -0.1) is 11.8 Å². The van der Waals surface area contributed by atoms with Crippen LogP contribution in [0.3, 0.4) is 0 Å². The highest BCUT2D eigenvalue weighted by molar-refractivity contribution is 8.00. The minimum Gasteiger partial charge on any atom is -0.341 e. The van der Waals surface area contributed by atoms with E-state index in [1.807, 2.05) is 42.5 Å². The first-order valence-corrected chi connectivity index (χ1v) is 16.9. The van der Waals surface area contributed by atoms with Gasteiger partial charge in [-0.1, -0.05) is 71.7 Å². The number of amides is 3. The first kappa shape index (κ1) is 32.9. The van der Waals surface area contributed by atoms with Crippen LogP contribution in [-0.2, 0) is 16.1 Å². The van der Waals surface area contributed by atoms with Crippen LogP contribution in [0.5, 0.6) is 0 Å². The molecule has 0 saturated heterocycles. The molecule has 10 heteroatoms. The van der Waals surface area contributed by atoms with E-state index in [1.54, 1.807) is 60.7 Å². The summed E-state index contributed by atoms with van der Waals surface area (Å²) in [5, 5.41) is 11.4. The molecule has 6 aromatic rings. The first-order chi connectivity index (χ1) is 23.3. The first-order valence-electron chi connectivity index (χ1n) is 15.2. The van der Waals surface area contributed by atoms with Crippen LogP contribution < -0.4 is 16.0 Å². The van der Waals surface area contributed by atoms with Gasteiger partial charge in [-0.3, -0.25) is 14.4 Å². The SMILES string of the molecule is CCn1c2ccccc2c2cc(NC(=O)CSc3ccc(NC(=O)/C(=C/c4cccc(Cl)c4Cl)NC(=O)c4ccccc4)cc3)ccc21. The van der Waals surface area contributed by atoms with Crippen LogP contribution in [0.15, 0.2) is 126 Å². The molecular weight excluding hydrogens is 663 g/mol. The number of anilines is 2. The van der Waals surface area contributed by atoms with Gasteiger partial charge in [0.2, 0.25) is 5.91 Å². The van der Waals surface area contributed by atoms with E-state index in [-0.39, 0.29) is 22.4 Å². The molecule has 3 amide bonds. The number of thioether (sulfide) groups is 1. The fourth-order valence-electron chi connectivity index (χ4n) is 5.38. The average molecular weight is 694 g/mol. The molecule has 0 atom stereocenters. The molecule has 0 bridgehead atoms. The van der Waals surface area contributed by atoms with Gasteiger partial charge in [0.15, 0.2) is 0 Å². The van der Waals surface area contributed by atoms with Crippen molar-refractivity contribution in [3.63, 3.8) is 0 Å². The standard InChI is InChI=1S/C38H30Cl2N4O3S/c1-2-44-33-14-7-6-12-29(33)30-22-27(17-20-34(30)44)41-35(45)23-48-28-18-15-26(16-19-28)42-38(47)32(21-25-11-8-13-31(39)36(25)40)43-37(46)24-9-4-3-5-10-24/h3-22H,2,23H2,1H3,(H,41,45)(H,42,47)(H,43,46)/b32-21-. The van der Waals surface area contributed by atoms with E-state index >= 15 is 0 Å². The lowest BCUT2D eigenvalue weighted by Gasteiger charge is -2.12. The largest absolute Gasteiger partial charge is 0.341 e. The molecule has 6 rings (SSSR count). The lowest BCUT2D eigenvalue weighted by Crippen LogP contribution is -2.30. The molecule has 3 N–H and O–H groups in total. The summed E-state index contributed by atoms with van der Waals surface area (Å²) in [6.45, 7) is 2.98. The summed E-state index contributed by atoms with van der Waals surface area (Å²) >= 11 is 13.9. The Balaban J connectivity index is 1.10. The summed E-state index contributed by atoms with van der Waals surface area (Å²) < 4.78 is 2.27. The number of aromatic nitrogens is 1. The number of carbonyl (C=O) groups excluding carboxylic acids is 3. The van der Waals surface area contributed by atoms with Crippen LogP contribution >= 0.6 is 35.0 Å². The van der Waals surface area contributed by atoms with E-state index in [9.17, 15) is 14.4 Å². The van der Waals surface area contributed by atoms with Crippen molar-refractivity contribution in [3.8, 4) is 0 Å². The summed E-state index contributed by atoms with van der Waals surface area (Å²) in [7, 11) is 0. The number of rotatable bonds is 10. The van der Waals surface area contributed by atoms with Crippen LogP contribution in [0.2, 0.25) is 10.0 Å². The average Bonchev–Trinajstić information content (AvgIpc) is 3.42. The number of nitrogens with one attached hydrogen (secondary N) is 3. The van der Waals surface area contributed by atoms with E-state index in [2.05, 4.69) is 39.6 Å². The molecule has 0 unspecified atom stereocenters. The van der Waals surface area contributed by atoms with Gasteiger partial charge in [0.1, 0.15) is 5.70 Å². The lowest BCUT2D eigenvalue weighted by molar-refractivity contribution is -0.114. The smallest absolute Gasteiger partial charge is 0.272 e. The van der Waals surface area contributed by atoms with E-state index in [1.165, 1.54) is 23.4 Å². The van der Waals surface area contributed by atoms with Crippen molar-refractivity contribution in [1.29, 1.82) is 0 Å².